The Morgan fingerprint density at radius 2 is 1.94 bits per heavy atom. The Balaban J connectivity index is 2.94. The van der Waals surface area contributed by atoms with Crippen molar-refractivity contribution >= 4 is 11.7 Å². The molecule has 5 nitrogen and oxygen atoms in total. The van der Waals surface area contributed by atoms with Crippen LogP contribution in [0.15, 0.2) is 18.3 Å². The lowest BCUT2D eigenvalue weighted by atomic mass is 9.89. The highest BCUT2D eigenvalue weighted by molar-refractivity contribution is 5.99. The Labute approximate surface area is 108 Å². The molecule has 4 N–H and O–H groups in total. The third-order valence-corrected chi connectivity index (χ3v) is 3.60. The van der Waals surface area contributed by atoms with E-state index < -0.39 is 0 Å². The van der Waals surface area contributed by atoms with E-state index >= 15 is 0 Å². The summed E-state index contributed by atoms with van der Waals surface area (Å²) in [6, 6.07) is 3.44. The summed E-state index contributed by atoms with van der Waals surface area (Å²) < 4.78 is 0. The molecule has 0 aromatic carbocycles. The van der Waals surface area contributed by atoms with Gasteiger partial charge in [-0.15, -0.1) is 0 Å². The summed E-state index contributed by atoms with van der Waals surface area (Å²) in [5.74, 6) is 5.62. The fraction of sp³-hybridized carbons (Fsp3) is 0.538. The molecule has 0 atom stereocenters. The van der Waals surface area contributed by atoms with E-state index in [9.17, 15) is 4.79 Å². The molecule has 1 rings (SSSR count). The molecule has 1 heterocycles. The summed E-state index contributed by atoms with van der Waals surface area (Å²) in [5, 5.41) is 3.10. The summed E-state index contributed by atoms with van der Waals surface area (Å²) >= 11 is 0. The maximum atomic E-state index is 12.3. The van der Waals surface area contributed by atoms with E-state index in [1.54, 1.807) is 18.3 Å². The highest BCUT2D eigenvalue weighted by atomic mass is 16.1. The quantitative estimate of drug-likeness (QED) is 0.533. The first-order valence-electron chi connectivity index (χ1n) is 6.36. The van der Waals surface area contributed by atoms with Crippen molar-refractivity contribution in [3.63, 3.8) is 0 Å². The number of hydrazine groups is 1. The molecule has 0 saturated carbocycles. The van der Waals surface area contributed by atoms with E-state index in [0.717, 1.165) is 19.3 Å². The van der Waals surface area contributed by atoms with Crippen LogP contribution in [-0.2, 0) is 0 Å². The SMILES string of the molecule is CCC(CC)(CC)NC(=O)c1cccnc1NN. The molecule has 1 aromatic rings. The average Bonchev–Trinajstić information content (AvgIpc) is 2.44. The van der Waals surface area contributed by atoms with Crippen LogP contribution in [-0.4, -0.2) is 16.4 Å². The Morgan fingerprint density at radius 1 is 1.33 bits per heavy atom. The molecular weight excluding hydrogens is 228 g/mol. The van der Waals surface area contributed by atoms with Crippen LogP contribution < -0.4 is 16.6 Å². The second-order valence-corrected chi connectivity index (χ2v) is 4.34. The first-order chi connectivity index (χ1) is 8.62. The largest absolute Gasteiger partial charge is 0.347 e. The number of aromatic nitrogens is 1. The van der Waals surface area contributed by atoms with E-state index in [2.05, 4.69) is 36.5 Å². The predicted octanol–water partition coefficient (Wildman–Crippen LogP) is 2.07. The van der Waals surface area contributed by atoms with Gasteiger partial charge in [-0.1, -0.05) is 20.8 Å². The summed E-state index contributed by atoms with van der Waals surface area (Å²) in [6.45, 7) is 6.25. The molecule has 0 radical (unpaired) electrons. The monoisotopic (exact) mass is 250 g/mol. The number of amides is 1. The van der Waals surface area contributed by atoms with Crippen molar-refractivity contribution in [2.75, 3.05) is 5.43 Å². The van der Waals surface area contributed by atoms with Gasteiger partial charge in [0.2, 0.25) is 0 Å². The first-order valence-corrected chi connectivity index (χ1v) is 6.36. The molecule has 18 heavy (non-hydrogen) atoms. The van der Waals surface area contributed by atoms with Gasteiger partial charge in [0.15, 0.2) is 5.82 Å². The van der Waals surface area contributed by atoms with E-state index in [1.807, 2.05) is 0 Å². The van der Waals surface area contributed by atoms with Gasteiger partial charge in [0.1, 0.15) is 0 Å². The van der Waals surface area contributed by atoms with Crippen LogP contribution in [0.2, 0.25) is 0 Å². The highest BCUT2D eigenvalue weighted by Crippen LogP contribution is 2.21. The minimum atomic E-state index is -0.154. The van der Waals surface area contributed by atoms with Crippen LogP contribution in [0, 0.1) is 0 Å². The molecule has 1 amide bonds. The van der Waals surface area contributed by atoms with Gasteiger partial charge in [0, 0.05) is 11.7 Å². The minimum Gasteiger partial charge on any atom is -0.347 e. The molecule has 0 unspecified atom stereocenters. The number of hydrogen-bond acceptors (Lipinski definition) is 4. The molecule has 0 spiro atoms. The van der Waals surface area contributed by atoms with E-state index in [4.69, 9.17) is 5.84 Å². The summed E-state index contributed by atoms with van der Waals surface area (Å²) in [4.78, 5) is 16.3. The summed E-state index contributed by atoms with van der Waals surface area (Å²) in [7, 11) is 0. The van der Waals surface area contributed by atoms with E-state index in [1.165, 1.54) is 0 Å². The lowest BCUT2D eigenvalue weighted by Gasteiger charge is -2.32. The van der Waals surface area contributed by atoms with Crippen LogP contribution in [0.25, 0.3) is 0 Å². The minimum absolute atomic E-state index is 0.137. The van der Waals surface area contributed by atoms with Gasteiger partial charge in [-0.2, -0.15) is 0 Å². The lowest BCUT2D eigenvalue weighted by molar-refractivity contribution is 0.0888. The molecule has 0 aliphatic rings. The van der Waals surface area contributed by atoms with Gasteiger partial charge < -0.3 is 10.7 Å². The van der Waals surface area contributed by atoms with Crippen molar-refractivity contribution < 1.29 is 4.79 Å². The van der Waals surface area contributed by atoms with Gasteiger partial charge in [0.25, 0.3) is 5.91 Å². The summed E-state index contributed by atoms with van der Waals surface area (Å²) in [5.41, 5.74) is 2.76. The number of nitrogen functional groups attached to an aromatic ring is 1. The number of pyridine rings is 1. The highest BCUT2D eigenvalue weighted by Gasteiger charge is 2.27. The molecule has 0 aliphatic carbocycles. The molecule has 0 aliphatic heterocycles. The van der Waals surface area contributed by atoms with Crippen LogP contribution >= 0.6 is 0 Å². The van der Waals surface area contributed by atoms with Crippen molar-refractivity contribution in [1.82, 2.24) is 10.3 Å². The maximum Gasteiger partial charge on any atom is 0.255 e. The Hall–Kier alpha value is -1.62. The zero-order valence-corrected chi connectivity index (χ0v) is 11.3. The molecule has 0 fully saturated rings. The molecular formula is C13H22N4O. The van der Waals surface area contributed by atoms with Crippen LogP contribution in [0.1, 0.15) is 50.4 Å². The van der Waals surface area contributed by atoms with Gasteiger partial charge in [0.05, 0.1) is 5.56 Å². The fourth-order valence-electron chi connectivity index (χ4n) is 2.03. The van der Waals surface area contributed by atoms with Crippen molar-refractivity contribution in [2.24, 2.45) is 5.84 Å². The van der Waals surface area contributed by atoms with Crippen LogP contribution in [0.5, 0.6) is 0 Å². The van der Waals surface area contributed by atoms with Crippen molar-refractivity contribution in [2.45, 2.75) is 45.6 Å². The van der Waals surface area contributed by atoms with Crippen LogP contribution in [0.4, 0.5) is 5.82 Å². The predicted molar refractivity (Wildman–Crippen MR) is 73.1 cm³/mol. The number of carbonyl (C=O) groups excluding carboxylic acids is 1. The van der Waals surface area contributed by atoms with Crippen LogP contribution in [0.3, 0.4) is 0 Å². The second kappa shape index (κ2) is 6.35. The van der Waals surface area contributed by atoms with Crippen molar-refractivity contribution in [1.29, 1.82) is 0 Å². The second-order valence-electron chi connectivity index (χ2n) is 4.34. The van der Waals surface area contributed by atoms with E-state index in [0.29, 0.717) is 11.4 Å². The number of anilines is 1. The topological polar surface area (TPSA) is 80.0 Å². The number of hydrogen-bond donors (Lipinski definition) is 3. The lowest BCUT2D eigenvalue weighted by Crippen LogP contribution is -2.47. The van der Waals surface area contributed by atoms with Gasteiger partial charge in [-0.25, -0.2) is 10.8 Å². The Bertz CT molecular complexity index is 393. The zero-order chi connectivity index (χ0) is 13.6. The molecule has 1 aromatic heterocycles. The average molecular weight is 250 g/mol. The number of nitrogens with two attached hydrogens (primary N) is 1. The van der Waals surface area contributed by atoms with Gasteiger partial charge >= 0.3 is 0 Å². The number of rotatable bonds is 6. The van der Waals surface area contributed by atoms with E-state index in [-0.39, 0.29) is 11.4 Å². The molecule has 100 valence electrons. The third-order valence-electron chi connectivity index (χ3n) is 3.60. The zero-order valence-electron chi connectivity index (χ0n) is 11.3. The van der Waals surface area contributed by atoms with Crippen molar-refractivity contribution in [3.8, 4) is 0 Å². The van der Waals surface area contributed by atoms with Gasteiger partial charge in [-0.05, 0) is 31.4 Å². The molecule has 0 saturated heterocycles. The first kappa shape index (κ1) is 14.4. The number of carbonyl (C=O) groups is 1. The van der Waals surface area contributed by atoms with Crippen molar-refractivity contribution in [3.05, 3.63) is 23.9 Å². The molecule has 0 bridgehead atoms. The maximum absolute atomic E-state index is 12.3. The third kappa shape index (κ3) is 2.98. The Morgan fingerprint density at radius 3 is 2.44 bits per heavy atom. The van der Waals surface area contributed by atoms with Gasteiger partial charge in [-0.3, -0.25) is 4.79 Å². The summed E-state index contributed by atoms with van der Waals surface area (Å²) in [6.07, 6.45) is 4.30. The standard InChI is InChI=1S/C13H22N4O/c1-4-13(5-2,6-3)16-12(18)10-8-7-9-15-11(10)17-14/h7-9H,4-6,14H2,1-3H3,(H,15,17)(H,16,18). The number of nitrogens with zero attached hydrogens (tertiary/aromatic N) is 1. The smallest absolute Gasteiger partial charge is 0.255 e. The normalized spacial score (nSPS) is 11.1. The Kier molecular flexibility index (Phi) is 5.09. The molecule has 5 heteroatoms. The fourth-order valence-corrected chi connectivity index (χ4v) is 2.03. The number of nitrogens with one attached hydrogen (secondary N) is 2.